The van der Waals surface area contributed by atoms with Crippen LogP contribution in [0.5, 0.6) is 0 Å². The zero-order chi connectivity index (χ0) is 24.0. The van der Waals surface area contributed by atoms with Gasteiger partial charge in [-0.25, -0.2) is 0 Å². The van der Waals surface area contributed by atoms with E-state index in [4.69, 9.17) is 4.18 Å². The molecule has 5 nitrogen and oxygen atoms in total. The molecule has 0 aromatic heterocycles. The van der Waals surface area contributed by atoms with Gasteiger partial charge in [0.2, 0.25) is 5.78 Å². The summed E-state index contributed by atoms with van der Waals surface area (Å²) in [6.07, 6.45) is 11.0. The van der Waals surface area contributed by atoms with Crippen LogP contribution in [0.25, 0.3) is 0 Å². The van der Waals surface area contributed by atoms with E-state index in [-0.39, 0.29) is 5.75 Å². The summed E-state index contributed by atoms with van der Waals surface area (Å²) in [5.41, 5.74) is -1.50. The molecule has 0 radical (unpaired) electrons. The molecule has 0 aliphatic carbocycles. The predicted molar refractivity (Wildman–Crippen MR) is 133 cm³/mol. The smallest absolute Gasteiger partial charge is 0.267 e. The van der Waals surface area contributed by atoms with Crippen molar-refractivity contribution < 1.29 is 22.5 Å². The van der Waals surface area contributed by atoms with Gasteiger partial charge in [-0.15, -0.1) is 0 Å². The number of rotatable bonds is 17. The first kappa shape index (κ1) is 27.2. The number of carbonyl (C=O) groups excluding carboxylic acids is 1. The Labute approximate surface area is 199 Å². The van der Waals surface area contributed by atoms with Crippen molar-refractivity contribution in [3.05, 3.63) is 71.8 Å². The topological polar surface area (TPSA) is 80.7 Å². The van der Waals surface area contributed by atoms with Crippen molar-refractivity contribution in [3.63, 3.8) is 0 Å². The lowest BCUT2D eigenvalue weighted by Gasteiger charge is -2.27. The van der Waals surface area contributed by atoms with E-state index >= 15 is 0 Å². The van der Waals surface area contributed by atoms with Crippen molar-refractivity contribution in [1.29, 1.82) is 0 Å². The Kier molecular flexibility index (Phi) is 11.8. The summed E-state index contributed by atoms with van der Waals surface area (Å²) < 4.78 is 30.1. The predicted octanol–water partition coefficient (Wildman–Crippen LogP) is 6.02. The Hall–Kier alpha value is -2.02. The molecule has 2 aromatic rings. The number of carbonyl (C=O) groups is 1. The molecule has 0 spiro atoms. The van der Waals surface area contributed by atoms with Crippen LogP contribution in [0.15, 0.2) is 60.7 Å². The summed E-state index contributed by atoms with van der Waals surface area (Å²) >= 11 is 0. The molecule has 0 unspecified atom stereocenters. The first-order valence-corrected chi connectivity index (χ1v) is 13.7. The van der Waals surface area contributed by atoms with E-state index in [1.165, 1.54) is 38.5 Å². The monoisotopic (exact) mass is 474 g/mol. The summed E-state index contributed by atoms with van der Waals surface area (Å²) in [6, 6.07) is 16.7. The van der Waals surface area contributed by atoms with Crippen LogP contribution in [0, 0.1) is 0 Å². The van der Waals surface area contributed by atoms with Gasteiger partial charge in [0.15, 0.2) is 5.60 Å². The van der Waals surface area contributed by atoms with Gasteiger partial charge >= 0.3 is 0 Å². The third kappa shape index (κ3) is 9.40. The second-order valence-electron chi connectivity index (χ2n) is 8.63. The van der Waals surface area contributed by atoms with Gasteiger partial charge in [-0.1, -0.05) is 125 Å². The summed E-state index contributed by atoms with van der Waals surface area (Å²) in [5.74, 6) is -0.711. The van der Waals surface area contributed by atoms with Crippen LogP contribution in [-0.2, 0) is 19.9 Å². The van der Waals surface area contributed by atoms with Crippen LogP contribution in [0.3, 0.4) is 0 Å². The van der Waals surface area contributed by atoms with Crippen molar-refractivity contribution in [2.45, 2.75) is 76.7 Å². The Balaban J connectivity index is 1.86. The van der Waals surface area contributed by atoms with Gasteiger partial charge in [0.25, 0.3) is 10.1 Å². The van der Waals surface area contributed by atoms with E-state index in [1.54, 1.807) is 60.7 Å². The van der Waals surface area contributed by atoms with Gasteiger partial charge in [-0.2, -0.15) is 8.42 Å². The maximum atomic E-state index is 13.1. The quantitative estimate of drug-likeness (QED) is 0.172. The molecule has 0 aliphatic heterocycles. The molecule has 0 fully saturated rings. The fourth-order valence-corrected chi connectivity index (χ4v) is 4.85. The third-order valence-electron chi connectivity index (χ3n) is 5.86. The zero-order valence-corrected chi connectivity index (χ0v) is 20.6. The Morgan fingerprint density at radius 2 is 1.27 bits per heavy atom. The lowest BCUT2D eigenvalue weighted by atomic mass is 9.86. The highest BCUT2D eigenvalue weighted by molar-refractivity contribution is 7.86. The van der Waals surface area contributed by atoms with Gasteiger partial charge in [-0.3, -0.25) is 8.98 Å². The van der Waals surface area contributed by atoms with Crippen molar-refractivity contribution >= 4 is 15.9 Å². The van der Waals surface area contributed by atoms with Gasteiger partial charge in [0.1, 0.15) is 6.61 Å². The molecule has 0 bridgehead atoms. The van der Waals surface area contributed by atoms with Crippen LogP contribution >= 0.6 is 0 Å². The minimum Gasteiger partial charge on any atom is -0.375 e. The lowest BCUT2D eigenvalue weighted by Crippen LogP contribution is -2.41. The number of unbranched alkanes of at least 4 members (excludes halogenated alkanes) is 9. The summed E-state index contributed by atoms with van der Waals surface area (Å²) in [5, 5.41) is 11.3. The number of Topliss-reactive ketones (excluding diaryl/α,β-unsaturated/α-hetero) is 1. The molecule has 0 saturated heterocycles. The molecular weight excluding hydrogens is 436 g/mol. The van der Waals surface area contributed by atoms with Crippen LogP contribution in [0.4, 0.5) is 0 Å². The molecule has 6 heteroatoms. The van der Waals surface area contributed by atoms with Gasteiger partial charge in [-0.05, 0) is 12.0 Å². The third-order valence-corrected chi connectivity index (χ3v) is 7.12. The molecule has 1 atom stereocenters. The van der Waals surface area contributed by atoms with Crippen molar-refractivity contribution in [3.8, 4) is 0 Å². The molecule has 0 amide bonds. The molecule has 0 heterocycles. The second-order valence-corrected chi connectivity index (χ2v) is 10.4. The molecule has 2 rings (SSSR count). The largest absolute Gasteiger partial charge is 0.375 e. The van der Waals surface area contributed by atoms with Crippen LogP contribution in [0.2, 0.25) is 0 Å². The van der Waals surface area contributed by atoms with Gasteiger partial charge < -0.3 is 5.11 Å². The van der Waals surface area contributed by atoms with E-state index in [0.29, 0.717) is 17.5 Å². The average molecular weight is 475 g/mol. The molecule has 182 valence electrons. The Morgan fingerprint density at radius 3 is 1.82 bits per heavy atom. The van der Waals surface area contributed by atoms with E-state index < -0.39 is 28.1 Å². The number of hydrogen-bond acceptors (Lipinski definition) is 5. The molecular formula is C27H38O5S. The molecule has 0 saturated carbocycles. The van der Waals surface area contributed by atoms with Crippen molar-refractivity contribution in [2.75, 3.05) is 12.4 Å². The first-order chi connectivity index (χ1) is 15.9. The van der Waals surface area contributed by atoms with E-state index in [9.17, 15) is 18.3 Å². The lowest BCUT2D eigenvalue weighted by molar-refractivity contribution is 0.00411. The maximum Gasteiger partial charge on any atom is 0.267 e. The fourth-order valence-electron chi connectivity index (χ4n) is 3.82. The minimum absolute atomic E-state index is 0.117. The fraction of sp³-hybridized carbons (Fsp3) is 0.519. The van der Waals surface area contributed by atoms with Gasteiger partial charge in [0.05, 0.1) is 5.75 Å². The zero-order valence-electron chi connectivity index (χ0n) is 19.7. The van der Waals surface area contributed by atoms with Crippen LogP contribution in [0.1, 0.15) is 87.1 Å². The van der Waals surface area contributed by atoms with E-state index in [1.807, 2.05) is 0 Å². The number of aliphatic hydroxyl groups is 1. The Morgan fingerprint density at radius 1 is 0.788 bits per heavy atom. The maximum absolute atomic E-state index is 13.1. The highest BCUT2D eigenvalue weighted by atomic mass is 32.2. The molecule has 2 aromatic carbocycles. The standard InChI is InChI=1S/C27H38O5S/c1-2-3-4-5-6-7-8-9-10-17-22-33(30,31)32-23-27(29,25-20-15-12-16-21-25)26(28)24-18-13-11-14-19-24/h11-16,18-21,29H,2-10,17,22-23H2,1H3/t27-/m1/s1. The molecule has 0 aliphatic rings. The van der Waals surface area contributed by atoms with Crippen LogP contribution in [-0.4, -0.2) is 31.7 Å². The number of hydrogen-bond donors (Lipinski definition) is 1. The highest BCUT2D eigenvalue weighted by Gasteiger charge is 2.40. The summed E-state index contributed by atoms with van der Waals surface area (Å²) in [4.78, 5) is 13.1. The SMILES string of the molecule is CCCCCCCCCCCCS(=O)(=O)OC[C@](O)(C(=O)c1ccccc1)c1ccccc1. The van der Waals surface area contributed by atoms with E-state index in [2.05, 4.69) is 6.92 Å². The van der Waals surface area contributed by atoms with Gasteiger partial charge in [0, 0.05) is 5.56 Å². The normalized spacial score (nSPS) is 13.5. The Bertz CT molecular complexity index is 912. The van der Waals surface area contributed by atoms with Crippen molar-refractivity contribution in [2.24, 2.45) is 0 Å². The highest BCUT2D eigenvalue weighted by Crippen LogP contribution is 2.27. The molecule has 1 N–H and O–H groups in total. The first-order valence-electron chi connectivity index (χ1n) is 12.1. The molecule has 33 heavy (non-hydrogen) atoms. The second kappa shape index (κ2) is 14.3. The van der Waals surface area contributed by atoms with Crippen molar-refractivity contribution in [1.82, 2.24) is 0 Å². The minimum atomic E-state index is -3.86. The average Bonchev–Trinajstić information content (AvgIpc) is 2.84. The van der Waals surface area contributed by atoms with Crippen LogP contribution < -0.4 is 0 Å². The number of ketones is 1. The summed E-state index contributed by atoms with van der Waals surface area (Å²) in [7, 11) is -3.86. The number of benzene rings is 2. The van der Waals surface area contributed by atoms with E-state index in [0.717, 1.165) is 19.3 Å². The summed E-state index contributed by atoms with van der Waals surface area (Å²) in [6.45, 7) is 1.56.